The number of nitrogens with one attached hydrogen (secondary N) is 1. The molecule has 3 heterocycles. The maximum atomic E-state index is 13.9. The van der Waals surface area contributed by atoms with Crippen molar-refractivity contribution in [2.45, 2.75) is 57.4 Å². The van der Waals surface area contributed by atoms with Gasteiger partial charge in [0, 0.05) is 5.69 Å². The van der Waals surface area contributed by atoms with Crippen LogP contribution >= 0.6 is 0 Å². The summed E-state index contributed by atoms with van der Waals surface area (Å²) in [6, 6.07) is 11.9. The second kappa shape index (κ2) is 8.31. The topological polar surface area (TPSA) is 105 Å². The Bertz CT molecular complexity index is 1200. The number of amides is 2. The van der Waals surface area contributed by atoms with Gasteiger partial charge in [-0.05, 0) is 56.0 Å². The van der Waals surface area contributed by atoms with Crippen molar-refractivity contribution in [2.75, 3.05) is 18.5 Å². The van der Waals surface area contributed by atoms with Gasteiger partial charge in [0.15, 0.2) is 0 Å². The quantitative estimate of drug-likeness (QED) is 0.616. The number of nitrogens with zero attached hydrogens (tertiary/aromatic N) is 1. The summed E-state index contributed by atoms with van der Waals surface area (Å²) in [6.45, 7) is 7.13. The normalized spacial score (nSPS) is 34.2. The number of esters is 1. The molecule has 2 aromatic carbocycles. The maximum Gasteiger partial charge on any atom is 0.312 e. The lowest BCUT2D eigenvalue weighted by molar-refractivity contribution is -0.161. The molecule has 2 aromatic rings. The second-order valence-corrected chi connectivity index (χ2v) is 10.3. The van der Waals surface area contributed by atoms with E-state index in [2.05, 4.69) is 5.32 Å². The van der Waals surface area contributed by atoms with Gasteiger partial charge in [-0.1, -0.05) is 37.3 Å². The van der Waals surface area contributed by atoms with Crippen molar-refractivity contribution in [1.29, 1.82) is 0 Å². The lowest BCUT2D eigenvalue weighted by Gasteiger charge is -2.36. The largest absolute Gasteiger partial charge is 0.466 e. The third-order valence-corrected chi connectivity index (χ3v) is 8.30. The predicted molar refractivity (Wildman–Crippen MR) is 129 cm³/mol. The third kappa shape index (κ3) is 3.30. The van der Waals surface area contributed by atoms with Gasteiger partial charge < -0.3 is 24.8 Å². The van der Waals surface area contributed by atoms with Gasteiger partial charge in [0.2, 0.25) is 11.8 Å². The molecule has 3 unspecified atom stereocenters. The van der Waals surface area contributed by atoms with E-state index in [1.807, 2.05) is 56.3 Å². The van der Waals surface area contributed by atoms with Gasteiger partial charge in [-0.2, -0.15) is 0 Å². The number of aliphatic hydroxyl groups excluding tert-OH is 1. The minimum atomic E-state index is -1.17. The Morgan fingerprint density at radius 3 is 2.66 bits per heavy atom. The van der Waals surface area contributed by atoms with E-state index < -0.39 is 47.0 Å². The van der Waals surface area contributed by atoms with Crippen molar-refractivity contribution in [3.05, 3.63) is 42.5 Å². The highest BCUT2D eigenvalue weighted by Gasteiger charge is 2.80. The van der Waals surface area contributed by atoms with Crippen LogP contribution in [0.4, 0.5) is 5.69 Å². The van der Waals surface area contributed by atoms with E-state index in [0.29, 0.717) is 12.1 Å². The Morgan fingerprint density at radius 1 is 1.26 bits per heavy atom. The molecular formula is C27H32N2O6. The van der Waals surface area contributed by atoms with Crippen molar-refractivity contribution in [3.8, 4) is 0 Å². The Balaban J connectivity index is 1.56. The van der Waals surface area contributed by atoms with Crippen LogP contribution in [0, 0.1) is 17.8 Å². The molecule has 0 aromatic heterocycles. The van der Waals surface area contributed by atoms with E-state index >= 15 is 0 Å². The summed E-state index contributed by atoms with van der Waals surface area (Å²) in [5, 5.41) is 15.0. The number of carbonyl (C=O) groups excluding carboxylic acids is 3. The summed E-state index contributed by atoms with van der Waals surface area (Å²) < 4.78 is 12.0. The maximum absolute atomic E-state index is 13.9. The van der Waals surface area contributed by atoms with Gasteiger partial charge in [-0.25, -0.2) is 0 Å². The number of likely N-dealkylation sites (tertiary alicyclic amines) is 1. The highest BCUT2D eigenvalue weighted by Crippen LogP contribution is 2.65. The lowest BCUT2D eigenvalue weighted by Crippen LogP contribution is -2.56. The standard InChI is InChI=1S/C27H32N2O6/c1-5-34-25(33)21-20-24(32)29(16(3)14-30)22(27(20)13-15(2)26(21,4)35-27)23(31)28-19-11-10-17-8-6-7-9-18(17)12-19/h6-12,15-16,20-22,30H,5,13-14H2,1-4H3,(H,28,31)/t15?,16-,20+,21-,22?,26+,27?/m1/s1. The van der Waals surface area contributed by atoms with Gasteiger partial charge in [0.1, 0.15) is 17.6 Å². The number of aliphatic hydroxyl groups is 1. The first-order valence-corrected chi connectivity index (χ1v) is 12.3. The molecule has 3 fully saturated rings. The number of ether oxygens (including phenoxy) is 2. The molecule has 2 N–H and O–H groups in total. The smallest absolute Gasteiger partial charge is 0.312 e. The first kappa shape index (κ1) is 23.8. The Labute approximate surface area is 204 Å². The Hall–Kier alpha value is -2.97. The Kier molecular flexibility index (Phi) is 5.64. The SMILES string of the molecule is CCOC(=O)[C@H]1[C@H]2C(=O)N([C@H](C)CO)C(C(=O)Nc3ccc4ccccc4c3)C23CC(C)[C@]1(C)O3. The van der Waals surface area contributed by atoms with E-state index in [9.17, 15) is 19.5 Å². The van der Waals surface area contributed by atoms with Crippen molar-refractivity contribution in [1.82, 2.24) is 4.90 Å². The molecule has 8 heteroatoms. The zero-order valence-corrected chi connectivity index (χ0v) is 20.5. The molecule has 0 aliphatic carbocycles. The minimum absolute atomic E-state index is 0.0682. The molecule has 186 valence electrons. The summed E-state index contributed by atoms with van der Waals surface area (Å²) in [5.41, 5.74) is -1.48. The molecule has 3 aliphatic rings. The highest BCUT2D eigenvalue weighted by atomic mass is 16.6. The zero-order chi connectivity index (χ0) is 25.1. The summed E-state index contributed by atoms with van der Waals surface area (Å²) >= 11 is 0. The van der Waals surface area contributed by atoms with Crippen LogP contribution in [0.2, 0.25) is 0 Å². The van der Waals surface area contributed by atoms with E-state index in [4.69, 9.17) is 9.47 Å². The minimum Gasteiger partial charge on any atom is -0.466 e. The fourth-order valence-corrected chi connectivity index (χ4v) is 6.61. The predicted octanol–water partition coefficient (Wildman–Crippen LogP) is 2.73. The number of rotatable bonds is 6. The monoisotopic (exact) mass is 480 g/mol. The second-order valence-electron chi connectivity index (χ2n) is 10.3. The Morgan fingerprint density at radius 2 is 1.97 bits per heavy atom. The number of hydrogen-bond donors (Lipinski definition) is 2. The van der Waals surface area contributed by atoms with E-state index in [0.717, 1.165) is 10.8 Å². The van der Waals surface area contributed by atoms with Crippen LogP contribution in [0.15, 0.2) is 42.5 Å². The summed E-state index contributed by atoms with van der Waals surface area (Å²) in [5.74, 6) is -2.94. The third-order valence-electron chi connectivity index (χ3n) is 8.30. The molecule has 7 atom stereocenters. The van der Waals surface area contributed by atoms with E-state index in [-0.39, 0.29) is 25.0 Å². The molecule has 3 aliphatic heterocycles. The van der Waals surface area contributed by atoms with Gasteiger partial charge in [0.25, 0.3) is 0 Å². The zero-order valence-electron chi connectivity index (χ0n) is 20.5. The van der Waals surface area contributed by atoms with Crippen LogP contribution in [-0.4, -0.2) is 64.3 Å². The molecule has 0 radical (unpaired) electrons. The van der Waals surface area contributed by atoms with Gasteiger partial charge >= 0.3 is 5.97 Å². The van der Waals surface area contributed by atoms with Crippen LogP contribution in [0.5, 0.6) is 0 Å². The fraction of sp³-hybridized carbons (Fsp3) is 0.519. The van der Waals surface area contributed by atoms with Gasteiger partial charge in [0.05, 0.1) is 30.8 Å². The first-order valence-electron chi connectivity index (χ1n) is 12.3. The van der Waals surface area contributed by atoms with E-state index in [1.54, 1.807) is 13.8 Å². The molecule has 8 nitrogen and oxygen atoms in total. The van der Waals surface area contributed by atoms with Gasteiger partial charge in [-0.3, -0.25) is 14.4 Å². The average molecular weight is 481 g/mol. The highest BCUT2D eigenvalue weighted by molar-refractivity contribution is 6.04. The van der Waals surface area contributed by atoms with Crippen LogP contribution in [0.25, 0.3) is 10.8 Å². The number of hydrogen-bond acceptors (Lipinski definition) is 6. The molecule has 1 spiro atoms. The summed E-state index contributed by atoms with van der Waals surface area (Å²) in [7, 11) is 0. The number of benzene rings is 2. The van der Waals surface area contributed by atoms with Crippen molar-refractivity contribution < 1.29 is 29.0 Å². The van der Waals surface area contributed by atoms with Crippen LogP contribution < -0.4 is 5.32 Å². The number of carbonyl (C=O) groups is 3. The van der Waals surface area contributed by atoms with Crippen LogP contribution in [0.3, 0.4) is 0 Å². The summed E-state index contributed by atoms with van der Waals surface area (Å²) in [6.07, 6.45) is 0.459. The molecular weight excluding hydrogens is 448 g/mol. The van der Waals surface area contributed by atoms with Crippen LogP contribution in [0.1, 0.15) is 34.1 Å². The number of anilines is 1. The molecule has 5 rings (SSSR count). The lowest BCUT2D eigenvalue weighted by atomic mass is 9.62. The summed E-state index contributed by atoms with van der Waals surface area (Å²) in [4.78, 5) is 42.2. The molecule has 2 bridgehead atoms. The van der Waals surface area contributed by atoms with Crippen LogP contribution in [-0.2, 0) is 23.9 Å². The van der Waals surface area contributed by atoms with Crippen molar-refractivity contribution in [2.24, 2.45) is 17.8 Å². The fourth-order valence-electron chi connectivity index (χ4n) is 6.61. The average Bonchev–Trinajstić information content (AvgIpc) is 3.35. The van der Waals surface area contributed by atoms with Crippen molar-refractivity contribution >= 4 is 34.2 Å². The van der Waals surface area contributed by atoms with Gasteiger partial charge in [-0.15, -0.1) is 0 Å². The molecule has 35 heavy (non-hydrogen) atoms. The molecule has 3 saturated heterocycles. The number of fused-ring (bicyclic) bond motifs is 2. The van der Waals surface area contributed by atoms with Crippen molar-refractivity contribution in [3.63, 3.8) is 0 Å². The van der Waals surface area contributed by atoms with E-state index in [1.165, 1.54) is 4.90 Å². The molecule has 0 saturated carbocycles. The first-order chi connectivity index (χ1) is 16.7. The molecule has 2 amide bonds.